The standard InChI is InChI=1S/C11H5BrO2S2/c12-10-4-6-2-7-5(1-8(6)16-10)3-9(15-7)11(13)14/h1-4H,(H,13,14). The van der Waals surface area contributed by atoms with E-state index in [1.54, 1.807) is 17.4 Å². The molecule has 5 heteroatoms. The van der Waals surface area contributed by atoms with Gasteiger partial charge in [0.15, 0.2) is 0 Å². The normalized spacial score (nSPS) is 11.3. The highest BCUT2D eigenvalue weighted by molar-refractivity contribution is 9.11. The number of fused-ring (bicyclic) bond motifs is 2. The number of carbonyl (C=O) groups is 1. The van der Waals surface area contributed by atoms with Crippen LogP contribution in [0.4, 0.5) is 0 Å². The molecule has 0 bridgehead atoms. The predicted molar refractivity (Wildman–Crippen MR) is 71.9 cm³/mol. The Labute approximate surface area is 107 Å². The molecule has 0 spiro atoms. The molecule has 0 saturated heterocycles. The van der Waals surface area contributed by atoms with Gasteiger partial charge in [-0.25, -0.2) is 4.79 Å². The number of rotatable bonds is 1. The summed E-state index contributed by atoms with van der Waals surface area (Å²) in [6, 6.07) is 7.88. The van der Waals surface area contributed by atoms with Crippen molar-refractivity contribution in [2.24, 2.45) is 0 Å². The van der Waals surface area contributed by atoms with Gasteiger partial charge in [-0.1, -0.05) is 0 Å². The largest absolute Gasteiger partial charge is 0.477 e. The van der Waals surface area contributed by atoms with Crippen molar-refractivity contribution in [2.45, 2.75) is 0 Å². The zero-order chi connectivity index (χ0) is 11.3. The summed E-state index contributed by atoms with van der Waals surface area (Å²) in [6.07, 6.45) is 0. The van der Waals surface area contributed by atoms with Crippen molar-refractivity contribution in [2.75, 3.05) is 0 Å². The van der Waals surface area contributed by atoms with Gasteiger partial charge in [-0.15, -0.1) is 22.7 Å². The Morgan fingerprint density at radius 2 is 1.69 bits per heavy atom. The van der Waals surface area contributed by atoms with Gasteiger partial charge in [0.1, 0.15) is 4.88 Å². The predicted octanol–water partition coefficient (Wildman–Crippen LogP) is 4.58. The van der Waals surface area contributed by atoms with E-state index in [1.807, 2.05) is 12.1 Å². The van der Waals surface area contributed by atoms with E-state index < -0.39 is 5.97 Å². The summed E-state index contributed by atoms with van der Waals surface area (Å²) in [5.74, 6) is -0.856. The summed E-state index contributed by atoms with van der Waals surface area (Å²) in [6.45, 7) is 0. The third-order valence-electron chi connectivity index (χ3n) is 2.34. The van der Waals surface area contributed by atoms with Crippen molar-refractivity contribution in [3.05, 3.63) is 32.9 Å². The third kappa shape index (κ3) is 1.55. The van der Waals surface area contributed by atoms with E-state index in [-0.39, 0.29) is 0 Å². The fourth-order valence-electron chi connectivity index (χ4n) is 1.65. The number of carboxylic acid groups (broad SMARTS) is 1. The molecule has 0 aliphatic rings. The van der Waals surface area contributed by atoms with Crippen LogP contribution in [0.2, 0.25) is 0 Å². The molecule has 2 nitrogen and oxygen atoms in total. The fourth-order valence-corrected chi connectivity index (χ4v) is 4.16. The first-order chi connectivity index (χ1) is 7.63. The van der Waals surface area contributed by atoms with Gasteiger partial charge in [0.2, 0.25) is 0 Å². The highest BCUT2D eigenvalue weighted by atomic mass is 79.9. The molecule has 3 aromatic rings. The zero-order valence-corrected chi connectivity index (χ0v) is 11.1. The molecule has 0 atom stereocenters. The summed E-state index contributed by atoms with van der Waals surface area (Å²) in [5.41, 5.74) is 0. The first-order valence-electron chi connectivity index (χ1n) is 4.49. The molecule has 0 aliphatic carbocycles. The van der Waals surface area contributed by atoms with E-state index in [0.717, 1.165) is 19.3 Å². The van der Waals surface area contributed by atoms with Gasteiger partial charge in [-0.05, 0) is 51.0 Å². The SMILES string of the molecule is O=C(O)c1cc2cc3sc(Br)cc3cc2s1. The van der Waals surface area contributed by atoms with Gasteiger partial charge >= 0.3 is 5.97 Å². The molecule has 0 aliphatic heterocycles. The molecular weight excluding hydrogens is 308 g/mol. The van der Waals surface area contributed by atoms with Crippen LogP contribution < -0.4 is 0 Å². The van der Waals surface area contributed by atoms with Gasteiger partial charge in [-0.2, -0.15) is 0 Å². The van der Waals surface area contributed by atoms with E-state index in [4.69, 9.17) is 5.11 Å². The van der Waals surface area contributed by atoms with E-state index in [2.05, 4.69) is 22.0 Å². The van der Waals surface area contributed by atoms with Crippen LogP contribution in [0, 0.1) is 0 Å². The molecule has 0 amide bonds. The van der Waals surface area contributed by atoms with Crippen molar-refractivity contribution in [1.29, 1.82) is 0 Å². The first kappa shape index (κ1) is 10.3. The quantitative estimate of drug-likeness (QED) is 0.714. The number of aromatic carboxylic acids is 1. The third-order valence-corrected chi connectivity index (χ3v) is 5.02. The van der Waals surface area contributed by atoms with Crippen LogP contribution in [0.1, 0.15) is 9.67 Å². The highest BCUT2D eigenvalue weighted by Crippen LogP contribution is 2.35. The van der Waals surface area contributed by atoms with Gasteiger partial charge in [0, 0.05) is 9.40 Å². The summed E-state index contributed by atoms with van der Waals surface area (Å²) < 4.78 is 3.29. The number of hydrogen-bond acceptors (Lipinski definition) is 3. The van der Waals surface area contributed by atoms with E-state index in [9.17, 15) is 4.79 Å². The van der Waals surface area contributed by atoms with Crippen LogP contribution in [0.15, 0.2) is 28.1 Å². The molecule has 0 saturated carbocycles. The molecule has 1 N–H and O–H groups in total. The number of benzene rings is 1. The zero-order valence-electron chi connectivity index (χ0n) is 7.86. The van der Waals surface area contributed by atoms with Crippen LogP contribution >= 0.6 is 38.6 Å². The summed E-state index contributed by atoms with van der Waals surface area (Å²) in [5, 5.41) is 11.1. The average Bonchev–Trinajstić information content (AvgIpc) is 2.74. The van der Waals surface area contributed by atoms with Gasteiger partial charge < -0.3 is 5.11 Å². The molecule has 0 unspecified atom stereocenters. The number of carboxylic acids is 1. The second-order valence-corrected chi connectivity index (χ2v) is 6.94. The second kappa shape index (κ2) is 3.55. The Hall–Kier alpha value is -0.910. The molecular formula is C11H5BrO2S2. The lowest BCUT2D eigenvalue weighted by atomic mass is 10.2. The van der Waals surface area contributed by atoms with Crippen molar-refractivity contribution in [1.82, 2.24) is 0 Å². The lowest BCUT2D eigenvalue weighted by molar-refractivity contribution is 0.0702. The smallest absolute Gasteiger partial charge is 0.345 e. The maximum atomic E-state index is 10.9. The number of halogens is 1. The molecule has 0 fully saturated rings. The summed E-state index contributed by atoms with van der Waals surface area (Å²) in [4.78, 5) is 11.3. The van der Waals surface area contributed by atoms with Gasteiger partial charge in [0.05, 0.1) is 3.79 Å². The molecule has 1 aromatic carbocycles. The van der Waals surface area contributed by atoms with E-state index in [1.165, 1.54) is 16.0 Å². The maximum Gasteiger partial charge on any atom is 0.345 e. The van der Waals surface area contributed by atoms with Crippen LogP contribution in [0.5, 0.6) is 0 Å². The Kier molecular flexibility index (Phi) is 2.27. The highest BCUT2D eigenvalue weighted by Gasteiger charge is 2.10. The van der Waals surface area contributed by atoms with Gasteiger partial charge in [0.25, 0.3) is 0 Å². The summed E-state index contributed by atoms with van der Waals surface area (Å²) >= 11 is 6.43. The van der Waals surface area contributed by atoms with Crippen LogP contribution in [-0.2, 0) is 0 Å². The second-order valence-electron chi connectivity index (χ2n) is 3.39. The van der Waals surface area contributed by atoms with Crippen molar-refractivity contribution in [3.8, 4) is 0 Å². The van der Waals surface area contributed by atoms with Crippen molar-refractivity contribution < 1.29 is 9.90 Å². The monoisotopic (exact) mass is 312 g/mol. The lowest BCUT2D eigenvalue weighted by Crippen LogP contribution is -1.89. The van der Waals surface area contributed by atoms with Gasteiger partial charge in [-0.3, -0.25) is 0 Å². The lowest BCUT2D eigenvalue weighted by Gasteiger charge is -1.89. The van der Waals surface area contributed by atoms with Crippen LogP contribution in [-0.4, -0.2) is 11.1 Å². The van der Waals surface area contributed by atoms with Crippen LogP contribution in [0.25, 0.3) is 20.2 Å². The Bertz CT molecular complexity index is 660. The van der Waals surface area contributed by atoms with E-state index in [0.29, 0.717) is 4.88 Å². The van der Waals surface area contributed by atoms with Crippen LogP contribution in [0.3, 0.4) is 0 Å². The fraction of sp³-hybridized carbons (Fsp3) is 0. The maximum absolute atomic E-state index is 10.9. The molecule has 80 valence electrons. The first-order valence-corrected chi connectivity index (χ1v) is 6.92. The molecule has 16 heavy (non-hydrogen) atoms. The number of thiophene rings is 2. The Morgan fingerprint density at radius 3 is 2.38 bits per heavy atom. The summed E-state index contributed by atoms with van der Waals surface area (Å²) in [7, 11) is 0. The molecule has 2 heterocycles. The minimum Gasteiger partial charge on any atom is -0.477 e. The van der Waals surface area contributed by atoms with Crippen molar-refractivity contribution in [3.63, 3.8) is 0 Å². The topological polar surface area (TPSA) is 37.3 Å². The Morgan fingerprint density at radius 1 is 1.06 bits per heavy atom. The van der Waals surface area contributed by atoms with Crippen molar-refractivity contribution >= 4 is 64.7 Å². The minimum absolute atomic E-state index is 0.395. The molecule has 0 radical (unpaired) electrons. The molecule has 2 aromatic heterocycles. The molecule has 3 rings (SSSR count). The average molecular weight is 313 g/mol. The minimum atomic E-state index is -0.856. The Balaban J connectivity index is 2.35. The number of hydrogen-bond donors (Lipinski definition) is 1. The van der Waals surface area contributed by atoms with E-state index >= 15 is 0 Å².